The van der Waals surface area contributed by atoms with E-state index < -0.39 is 5.82 Å². The number of carbonyl (C=O) groups is 2. The minimum atomic E-state index is -0.423. The van der Waals surface area contributed by atoms with Gasteiger partial charge in [0.15, 0.2) is 0 Å². The highest BCUT2D eigenvalue weighted by Crippen LogP contribution is 2.40. The molecule has 0 aliphatic heterocycles. The normalized spacial score (nSPS) is 29.1. The number of carbonyl (C=O) groups excluding carboxylic acids is 2. The van der Waals surface area contributed by atoms with Crippen molar-refractivity contribution in [3.63, 3.8) is 0 Å². The van der Waals surface area contributed by atoms with Gasteiger partial charge in [-0.3, -0.25) is 9.59 Å². The lowest BCUT2D eigenvalue weighted by Gasteiger charge is -2.36. The van der Waals surface area contributed by atoms with E-state index in [9.17, 15) is 14.0 Å². The first-order valence-electron chi connectivity index (χ1n) is 7.24. The first-order valence-corrected chi connectivity index (χ1v) is 7.24. The Balaban J connectivity index is 1.69. The molecule has 3 atom stereocenters. The van der Waals surface area contributed by atoms with Crippen molar-refractivity contribution in [1.82, 2.24) is 0 Å². The smallest absolute Gasteiger partial charge is 0.227 e. The molecule has 1 aromatic carbocycles. The average molecular weight is 275 g/mol. The number of Topliss-reactive ketones (excluding diaryl/α,β-unsaturated/α-hetero) is 1. The molecule has 1 aromatic rings. The number of anilines is 1. The molecule has 0 aromatic heterocycles. The number of para-hydroxylation sites is 1. The summed E-state index contributed by atoms with van der Waals surface area (Å²) in [6.07, 6.45) is 4.13. The van der Waals surface area contributed by atoms with Crippen molar-refractivity contribution >= 4 is 17.4 Å². The van der Waals surface area contributed by atoms with Gasteiger partial charge in [-0.2, -0.15) is 0 Å². The van der Waals surface area contributed by atoms with E-state index in [0.717, 1.165) is 19.3 Å². The van der Waals surface area contributed by atoms with Crippen LogP contribution in [-0.2, 0) is 9.59 Å². The minimum Gasteiger partial charge on any atom is -0.323 e. The van der Waals surface area contributed by atoms with Crippen molar-refractivity contribution in [2.45, 2.75) is 32.1 Å². The van der Waals surface area contributed by atoms with Crippen molar-refractivity contribution in [2.75, 3.05) is 5.32 Å². The predicted octanol–water partition coefficient (Wildman–Crippen LogP) is 3.16. The van der Waals surface area contributed by atoms with Crippen LogP contribution in [0.1, 0.15) is 32.1 Å². The molecule has 106 valence electrons. The van der Waals surface area contributed by atoms with Crippen molar-refractivity contribution in [3.8, 4) is 0 Å². The molecular weight excluding hydrogens is 257 g/mol. The molecule has 2 fully saturated rings. The lowest BCUT2D eigenvalue weighted by molar-refractivity contribution is -0.136. The Morgan fingerprint density at radius 1 is 1.15 bits per heavy atom. The molecule has 3 rings (SSSR count). The zero-order chi connectivity index (χ0) is 14.1. The SMILES string of the molecule is O=C(Nc1ccccc1F)C1C[C@H]2CCC[C@@H](C1)C2=O. The number of halogens is 1. The second kappa shape index (κ2) is 5.35. The Bertz CT molecular complexity index is 527. The molecule has 20 heavy (non-hydrogen) atoms. The molecule has 3 nitrogen and oxygen atoms in total. The zero-order valence-corrected chi connectivity index (χ0v) is 11.3. The number of hydrogen-bond donors (Lipinski definition) is 1. The zero-order valence-electron chi connectivity index (χ0n) is 11.3. The first kappa shape index (κ1) is 13.3. The fourth-order valence-electron chi connectivity index (χ4n) is 3.49. The number of nitrogens with one attached hydrogen (secondary N) is 1. The summed E-state index contributed by atoms with van der Waals surface area (Å²) in [5.41, 5.74) is 0.222. The number of rotatable bonds is 2. The quantitative estimate of drug-likeness (QED) is 0.901. The maximum atomic E-state index is 13.5. The van der Waals surface area contributed by atoms with Crippen molar-refractivity contribution < 1.29 is 14.0 Å². The van der Waals surface area contributed by atoms with Gasteiger partial charge in [0.05, 0.1) is 5.69 Å². The molecule has 0 heterocycles. The molecular formula is C16H18FNO2. The summed E-state index contributed by atoms with van der Waals surface area (Å²) in [5.74, 6) is -0.320. The molecule has 1 unspecified atom stereocenters. The fourth-order valence-corrected chi connectivity index (χ4v) is 3.49. The lowest BCUT2D eigenvalue weighted by Crippen LogP contribution is -2.40. The van der Waals surface area contributed by atoms with Gasteiger partial charge in [-0.1, -0.05) is 18.6 Å². The minimum absolute atomic E-state index is 0.0406. The van der Waals surface area contributed by atoms with Gasteiger partial charge in [0.2, 0.25) is 5.91 Å². The van der Waals surface area contributed by atoms with Crippen LogP contribution < -0.4 is 5.32 Å². The maximum absolute atomic E-state index is 13.5. The molecule has 2 aliphatic carbocycles. The largest absolute Gasteiger partial charge is 0.323 e. The molecule has 0 spiro atoms. The summed E-state index contributed by atoms with van der Waals surface area (Å²) < 4.78 is 13.5. The summed E-state index contributed by atoms with van der Waals surface area (Å²) in [6.45, 7) is 0. The van der Waals surface area contributed by atoms with Crippen LogP contribution in [0.15, 0.2) is 24.3 Å². The van der Waals surface area contributed by atoms with Gasteiger partial charge in [-0.05, 0) is 37.8 Å². The second-order valence-electron chi connectivity index (χ2n) is 5.86. The molecule has 2 saturated carbocycles. The molecule has 1 N–H and O–H groups in total. The summed E-state index contributed by atoms with van der Waals surface area (Å²) in [5, 5.41) is 2.66. The number of amides is 1. The highest BCUT2D eigenvalue weighted by molar-refractivity contribution is 5.95. The number of fused-ring (bicyclic) bond motifs is 2. The van der Waals surface area contributed by atoms with Crippen LogP contribution in [0, 0.1) is 23.6 Å². The van der Waals surface area contributed by atoms with E-state index in [1.165, 1.54) is 6.07 Å². The van der Waals surface area contributed by atoms with E-state index in [0.29, 0.717) is 18.6 Å². The molecule has 2 aliphatic rings. The number of benzene rings is 1. The van der Waals surface area contributed by atoms with Crippen molar-refractivity contribution in [1.29, 1.82) is 0 Å². The Morgan fingerprint density at radius 2 is 1.80 bits per heavy atom. The summed E-state index contributed by atoms with van der Waals surface area (Å²) in [6, 6.07) is 6.17. The van der Waals surface area contributed by atoms with Gasteiger partial charge < -0.3 is 5.32 Å². The van der Waals surface area contributed by atoms with Gasteiger partial charge in [0.1, 0.15) is 11.6 Å². The number of ketones is 1. The van der Waals surface area contributed by atoms with E-state index in [2.05, 4.69) is 5.32 Å². The third-order valence-corrected chi connectivity index (χ3v) is 4.55. The second-order valence-corrected chi connectivity index (χ2v) is 5.86. The van der Waals surface area contributed by atoms with Crippen molar-refractivity contribution in [2.24, 2.45) is 17.8 Å². The predicted molar refractivity (Wildman–Crippen MR) is 73.6 cm³/mol. The lowest BCUT2D eigenvalue weighted by atomic mass is 9.67. The Morgan fingerprint density at radius 3 is 2.45 bits per heavy atom. The van der Waals surface area contributed by atoms with E-state index >= 15 is 0 Å². The maximum Gasteiger partial charge on any atom is 0.227 e. The molecule has 4 heteroatoms. The number of hydrogen-bond acceptors (Lipinski definition) is 2. The fraction of sp³-hybridized carbons (Fsp3) is 0.500. The van der Waals surface area contributed by atoms with Gasteiger partial charge in [0.25, 0.3) is 0 Å². The summed E-state index contributed by atoms with van der Waals surface area (Å²) >= 11 is 0. The van der Waals surface area contributed by atoms with Crippen LogP contribution in [0.2, 0.25) is 0 Å². The van der Waals surface area contributed by atoms with Gasteiger partial charge >= 0.3 is 0 Å². The van der Waals surface area contributed by atoms with E-state index in [-0.39, 0.29) is 29.3 Å². The Kier molecular flexibility index (Phi) is 3.55. The van der Waals surface area contributed by atoms with Crippen molar-refractivity contribution in [3.05, 3.63) is 30.1 Å². The molecule has 0 radical (unpaired) electrons. The van der Waals surface area contributed by atoms with Gasteiger partial charge in [-0.15, -0.1) is 0 Å². The summed E-state index contributed by atoms with van der Waals surface area (Å²) in [7, 11) is 0. The standard InChI is InChI=1S/C16H18FNO2/c17-13-6-1-2-7-14(13)18-16(20)12-8-10-4-3-5-11(9-12)15(10)19/h1-2,6-7,10-12H,3-5,8-9H2,(H,18,20)/t10-,11+,12?. The highest BCUT2D eigenvalue weighted by Gasteiger charge is 2.41. The molecule has 0 saturated heterocycles. The molecule has 2 bridgehead atoms. The average Bonchev–Trinajstić information content (AvgIpc) is 2.41. The molecule has 1 amide bonds. The van der Waals surface area contributed by atoms with Crippen LogP contribution in [0.3, 0.4) is 0 Å². The van der Waals surface area contributed by atoms with Gasteiger partial charge in [0, 0.05) is 17.8 Å². The van der Waals surface area contributed by atoms with E-state index in [1.807, 2.05) is 0 Å². The topological polar surface area (TPSA) is 46.2 Å². The third-order valence-electron chi connectivity index (χ3n) is 4.55. The van der Waals surface area contributed by atoms with E-state index in [1.54, 1.807) is 18.2 Å². The monoisotopic (exact) mass is 275 g/mol. The van der Waals surface area contributed by atoms with Crippen LogP contribution in [0.4, 0.5) is 10.1 Å². The van der Waals surface area contributed by atoms with Crippen LogP contribution in [-0.4, -0.2) is 11.7 Å². The third kappa shape index (κ3) is 2.47. The van der Waals surface area contributed by atoms with E-state index in [4.69, 9.17) is 0 Å². The van der Waals surface area contributed by atoms with Crippen LogP contribution >= 0.6 is 0 Å². The first-order chi connectivity index (χ1) is 9.65. The highest BCUT2D eigenvalue weighted by atomic mass is 19.1. The summed E-state index contributed by atoms with van der Waals surface area (Å²) in [4.78, 5) is 24.3. The van der Waals surface area contributed by atoms with Gasteiger partial charge in [-0.25, -0.2) is 4.39 Å². The van der Waals surface area contributed by atoms with Crippen LogP contribution in [0.25, 0.3) is 0 Å². The Labute approximate surface area is 117 Å². The van der Waals surface area contributed by atoms with Crippen LogP contribution in [0.5, 0.6) is 0 Å². The Hall–Kier alpha value is -1.71.